The second-order valence-electron chi connectivity index (χ2n) is 4.34. The zero-order valence-electron chi connectivity index (χ0n) is 10.8. The normalized spacial score (nSPS) is 10.2. The third kappa shape index (κ3) is 2.58. The van der Waals surface area contributed by atoms with Gasteiger partial charge in [0.25, 0.3) is 0 Å². The molecule has 0 aliphatic rings. The van der Waals surface area contributed by atoms with Crippen LogP contribution >= 0.6 is 0 Å². The fraction of sp³-hybridized carbons (Fsp3) is 0.0588. The molecule has 0 fully saturated rings. The number of rotatable bonds is 2. The smallest absolute Gasteiger partial charge is 0.0355 e. The van der Waals surface area contributed by atoms with Crippen molar-refractivity contribution in [2.24, 2.45) is 7.05 Å². The minimum absolute atomic E-state index is 0. The summed E-state index contributed by atoms with van der Waals surface area (Å²) >= 11 is 0. The summed E-state index contributed by atoms with van der Waals surface area (Å²) in [4.78, 5) is 0. The van der Waals surface area contributed by atoms with E-state index in [1.165, 1.54) is 10.9 Å². The van der Waals surface area contributed by atoms with E-state index in [4.69, 9.17) is 6.58 Å². The Morgan fingerprint density at radius 3 is 2.53 bits per heavy atom. The summed E-state index contributed by atoms with van der Waals surface area (Å²) < 4.78 is 2.12. The molecule has 1 radical (unpaired) electrons. The summed E-state index contributed by atoms with van der Waals surface area (Å²) in [6.07, 6.45) is 0. The van der Waals surface area contributed by atoms with E-state index in [1.807, 2.05) is 43.4 Å². The first-order valence-electron chi connectivity index (χ1n) is 5.92. The van der Waals surface area contributed by atoms with Gasteiger partial charge in [-0.15, -0.1) is 11.8 Å². The molecular weight excluding hydrogens is 307 g/mol. The molecule has 0 aliphatic heterocycles. The van der Waals surface area contributed by atoms with Crippen LogP contribution in [0.25, 0.3) is 16.5 Å². The quantitative estimate of drug-likeness (QED) is 0.632. The van der Waals surface area contributed by atoms with E-state index in [0.29, 0.717) is 0 Å². The van der Waals surface area contributed by atoms with Crippen molar-refractivity contribution >= 4 is 16.5 Å². The zero-order valence-corrected chi connectivity index (χ0v) is 13.6. The fourth-order valence-corrected chi connectivity index (χ4v) is 2.25. The number of fused-ring (bicyclic) bond motifs is 1. The van der Waals surface area contributed by atoms with Gasteiger partial charge < -0.3 is 4.57 Å². The van der Waals surface area contributed by atoms with Crippen LogP contribution in [0.2, 0.25) is 0 Å². The molecule has 1 heterocycles. The first kappa shape index (κ1) is 14.2. The van der Waals surface area contributed by atoms with Crippen molar-refractivity contribution in [3.05, 3.63) is 78.5 Å². The third-order valence-corrected chi connectivity index (χ3v) is 3.23. The average molecular weight is 320 g/mol. The van der Waals surface area contributed by atoms with Crippen molar-refractivity contribution in [1.29, 1.82) is 0 Å². The van der Waals surface area contributed by atoms with Crippen LogP contribution in [0, 0.1) is 12.6 Å². The van der Waals surface area contributed by atoms with Crippen LogP contribution in [0.5, 0.6) is 0 Å². The standard InChI is InChI=1S/C17H13N.Y/c1-13(14-8-4-3-5-9-14)17-12-15-10-6-7-11-16(15)18(17)2;/h1,3-8,10-12H,2H3;/q-2;. The van der Waals surface area contributed by atoms with Crippen LogP contribution in [0.4, 0.5) is 0 Å². The van der Waals surface area contributed by atoms with Crippen LogP contribution in [0.3, 0.4) is 0 Å². The molecule has 0 N–H and O–H groups in total. The van der Waals surface area contributed by atoms with Gasteiger partial charge in [-0.25, -0.2) is 12.1 Å². The van der Waals surface area contributed by atoms with Crippen molar-refractivity contribution in [2.75, 3.05) is 0 Å². The van der Waals surface area contributed by atoms with Gasteiger partial charge in [0.15, 0.2) is 0 Å². The van der Waals surface area contributed by atoms with Crippen molar-refractivity contribution in [3.63, 3.8) is 0 Å². The van der Waals surface area contributed by atoms with E-state index in [2.05, 4.69) is 28.8 Å². The summed E-state index contributed by atoms with van der Waals surface area (Å²) in [5, 5.41) is 1.20. The Balaban J connectivity index is 0.00000133. The number of benzene rings is 2. The molecule has 0 atom stereocenters. The van der Waals surface area contributed by atoms with Crippen molar-refractivity contribution in [1.82, 2.24) is 4.57 Å². The van der Waals surface area contributed by atoms with Crippen LogP contribution in [0.1, 0.15) is 11.3 Å². The van der Waals surface area contributed by atoms with Gasteiger partial charge in [0.2, 0.25) is 0 Å². The second-order valence-corrected chi connectivity index (χ2v) is 4.34. The Labute approximate surface area is 138 Å². The summed E-state index contributed by atoms with van der Waals surface area (Å²) in [5.41, 5.74) is 3.91. The van der Waals surface area contributed by atoms with Gasteiger partial charge in [-0.2, -0.15) is 12.1 Å². The molecule has 3 rings (SSSR count). The molecule has 0 saturated carbocycles. The molecule has 2 aromatic carbocycles. The molecule has 3 aromatic rings. The Morgan fingerprint density at radius 2 is 1.84 bits per heavy atom. The third-order valence-electron chi connectivity index (χ3n) is 3.23. The summed E-state index contributed by atoms with van der Waals surface area (Å²) in [6.45, 7) is 6.25. The van der Waals surface area contributed by atoms with E-state index < -0.39 is 0 Å². The van der Waals surface area contributed by atoms with E-state index in [9.17, 15) is 0 Å². The number of hydrogen-bond acceptors (Lipinski definition) is 0. The van der Waals surface area contributed by atoms with Gasteiger partial charge >= 0.3 is 0 Å². The van der Waals surface area contributed by atoms with E-state index in [0.717, 1.165) is 16.8 Å². The number of aryl methyl sites for hydroxylation is 1. The van der Waals surface area contributed by atoms with Gasteiger partial charge in [-0.3, -0.25) is 17.7 Å². The van der Waals surface area contributed by atoms with Crippen LogP contribution in [0.15, 0.2) is 54.6 Å². The Hall–Kier alpha value is -1.18. The Kier molecular flexibility index (Phi) is 4.39. The zero-order chi connectivity index (χ0) is 12.5. The molecule has 0 saturated heterocycles. The maximum absolute atomic E-state index is 6.25. The van der Waals surface area contributed by atoms with Gasteiger partial charge in [-0.1, -0.05) is 24.3 Å². The molecule has 0 aliphatic carbocycles. The molecule has 0 unspecified atom stereocenters. The first-order chi connectivity index (χ1) is 8.77. The number of para-hydroxylation sites is 1. The molecule has 2 heteroatoms. The first-order valence-corrected chi connectivity index (χ1v) is 5.92. The van der Waals surface area contributed by atoms with Crippen LogP contribution in [-0.2, 0) is 39.8 Å². The predicted molar refractivity (Wildman–Crippen MR) is 75.0 cm³/mol. The molecule has 0 spiro atoms. The minimum atomic E-state index is 0. The number of nitrogens with zero attached hydrogens (tertiary/aromatic N) is 1. The molecule has 0 amide bonds. The predicted octanol–water partition coefficient (Wildman–Crippen LogP) is 3.84. The Morgan fingerprint density at radius 1 is 1.11 bits per heavy atom. The number of aromatic nitrogens is 1. The molecule has 19 heavy (non-hydrogen) atoms. The molecule has 0 bridgehead atoms. The van der Waals surface area contributed by atoms with Crippen molar-refractivity contribution in [2.45, 2.75) is 0 Å². The molecular formula is C17H13NY-2. The SMILES string of the molecule is [CH-]=C(c1[c-]cccc1)c1cc2ccccc2n1C.[Y]. The van der Waals surface area contributed by atoms with E-state index >= 15 is 0 Å². The fourth-order valence-electron chi connectivity index (χ4n) is 2.25. The topological polar surface area (TPSA) is 4.93 Å². The summed E-state index contributed by atoms with van der Waals surface area (Å²) in [5.74, 6) is 0. The second kappa shape index (κ2) is 5.85. The van der Waals surface area contributed by atoms with E-state index in [1.54, 1.807) is 0 Å². The molecule has 91 valence electrons. The van der Waals surface area contributed by atoms with Gasteiger partial charge in [0.05, 0.1) is 0 Å². The number of hydrogen-bond donors (Lipinski definition) is 0. The van der Waals surface area contributed by atoms with Crippen LogP contribution in [-0.4, -0.2) is 4.57 Å². The molecule has 1 nitrogen and oxygen atoms in total. The van der Waals surface area contributed by atoms with Gasteiger partial charge in [0.1, 0.15) is 0 Å². The van der Waals surface area contributed by atoms with Crippen molar-refractivity contribution in [3.8, 4) is 0 Å². The monoisotopic (exact) mass is 320 g/mol. The minimum Gasteiger partial charge on any atom is -0.405 e. The maximum atomic E-state index is 6.25. The average Bonchev–Trinajstić information content (AvgIpc) is 2.77. The van der Waals surface area contributed by atoms with E-state index in [-0.39, 0.29) is 32.7 Å². The van der Waals surface area contributed by atoms with Gasteiger partial charge in [0, 0.05) is 38.2 Å². The summed E-state index contributed by atoms with van der Waals surface area (Å²) in [7, 11) is 2.04. The molecule has 1 aromatic heterocycles. The van der Waals surface area contributed by atoms with Crippen molar-refractivity contribution < 1.29 is 32.7 Å². The maximum Gasteiger partial charge on any atom is 0.0355 e. The Bertz CT molecular complexity index is 710. The summed E-state index contributed by atoms with van der Waals surface area (Å²) in [6, 6.07) is 21.3. The van der Waals surface area contributed by atoms with Crippen LogP contribution < -0.4 is 0 Å². The van der Waals surface area contributed by atoms with Gasteiger partial charge in [-0.05, 0) is 18.5 Å². The largest absolute Gasteiger partial charge is 0.405 e.